The number of hydrogen-bond donors (Lipinski definition) is 0. The van der Waals surface area contributed by atoms with E-state index in [1.807, 2.05) is 12.3 Å². The predicted molar refractivity (Wildman–Crippen MR) is 195 cm³/mol. The van der Waals surface area contributed by atoms with Crippen LogP contribution in [0.15, 0.2) is 101 Å². The van der Waals surface area contributed by atoms with Gasteiger partial charge < -0.3 is 0 Å². The average Bonchev–Trinajstić information content (AvgIpc) is 3.82. The van der Waals surface area contributed by atoms with Crippen molar-refractivity contribution in [3.05, 3.63) is 145 Å². The first-order valence-corrected chi connectivity index (χ1v) is 17.4. The van der Waals surface area contributed by atoms with Crippen LogP contribution in [0.1, 0.15) is 67.3 Å². The van der Waals surface area contributed by atoms with Crippen LogP contribution in [0, 0.1) is 20.8 Å². The Labute approximate surface area is 282 Å². The Bertz CT molecular complexity index is 2230. The third-order valence-electron chi connectivity index (χ3n) is 9.79. The van der Waals surface area contributed by atoms with E-state index in [1.165, 1.54) is 50.3 Å². The molecule has 0 N–H and O–H groups in total. The van der Waals surface area contributed by atoms with Gasteiger partial charge in [0.25, 0.3) is 0 Å². The molecule has 6 heteroatoms. The summed E-state index contributed by atoms with van der Waals surface area (Å²) >= 11 is 3.01. The lowest BCUT2D eigenvalue weighted by Gasteiger charge is -2.28. The van der Waals surface area contributed by atoms with Gasteiger partial charge in [-0.25, -0.2) is 4.98 Å². The lowest BCUT2D eigenvalue weighted by molar-refractivity contribution is 0.0990. The maximum Gasteiger partial charge on any atom is 0.198 e. The molecule has 0 fully saturated rings. The molecular formula is C41H32N2O2S2. The van der Waals surface area contributed by atoms with Crippen LogP contribution in [0.2, 0.25) is 0 Å². The molecule has 8 rings (SSSR count). The minimum Gasteiger partial charge on any atom is -0.295 e. The lowest BCUT2D eigenvalue weighted by atomic mass is 9.83. The smallest absolute Gasteiger partial charge is 0.198 e. The molecule has 0 aliphatic heterocycles. The van der Waals surface area contributed by atoms with Gasteiger partial charge in [-0.05, 0) is 102 Å². The summed E-state index contributed by atoms with van der Waals surface area (Å²) in [4.78, 5) is 35.3. The van der Waals surface area contributed by atoms with Crippen LogP contribution >= 0.6 is 22.7 Å². The van der Waals surface area contributed by atoms with Gasteiger partial charge >= 0.3 is 0 Å². The second kappa shape index (κ2) is 10.8. The van der Waals surface area contributed by atoms with E-state index in [2.05, 4.69) is 112 Å². The van der Waals surface area contributed by atoms with Crippen molar-refractivity contribution in [3.8, 4) is 21.6 Å². The first-order chi connectivity index (χ1) is 22.6. The van der Waals surface area contributed by atoms with Crippen molar-refractivity contribution in [2.75, 3.05) is 4.90 Å². The molecule has 0 bridgehead atoms. The summed E-state index contributed by atoms with van der Waals surface area (Å²) in [7, 11) is 0. The highest BCUT2D eigenvalue weighted by Crippen LogP contribution is 2.54. The Morgan fingerprint density at radius 2 is 1.36 bits per heavy atom. The zero-order chi connectivity index (χ0) is 32.6. The van der Waals surface area contributed by atoms with Crippen LogP contribution in [0.3, 0.4) is 0 Å². The Balaban J connectivity index is 1.21. The van der Waals surface area contributed by atoms with E-state index in [0.717, 1.165) is 32.5 Å². The number of aryl methyl sites for hydroxylation is 2. The first kappa shape index (κ1) is 29.5. The van der Waals surface area contributed by atoms with Gasteiger partial charge in [-0.3, -0.25) is 14.5 Å². The molecule has 0 spiro atoms. The fraction of sp³-hybridized carbons (Fsp3) is 0.146. The molecule has 0 atom stereocenters. The number of carbonyl (C=O) groups is 2. The maximum atomic E-state index is 13.0. The fourth-order valence-electron chi connectivity index (χ4n) is 6.86. The van der Waals surface area contributed by atoms with Gasteiger partial charge in [0.05, 0.1) is 5.57 Å². The van der Waals surface area contributed by atoms with Crippen LogP contribution in [0.5, 0.6) is 0 Å². The number of rotatable bonds is 5. The van der Waals surface area contributed by atoms with Gasteiger partial charge in [-0.1, -0.05) is 56.3 Å². The van der Waals surface area contributed by atoms with E-state index in [9.17, 15) is 9.59 Å². The SMILES string of the molecule is Cc1cc(N(c2ccc(-c3ccccc3)cc2)c2cc3c(cn2)-c2sc(C=C4C(=O)c5cscc5C4=O)cc2C3(C)C)cc(C)c1C. The number of anilines is 3. The summed E-state index contributed by atoms with van der Waals surface area (Å²) in [5.74, 6) is 0.506. The van der Waals surface area contributed by atoms with E-state index >= 15 is 0 Å². The molecule has 3 aromatic heterocycles. The number of nitrogens with zero attached hydrogens (tertiary/aromatic N) is 2. The number of fused-ring (bicyclic) bond motifs is 4. The van der Waals surface area contributed by atoms with Crippen molar-refractivity contribution in [1.29, 1.82) is 0 Å². The summed E-state index contributed by atoms with van der Waals surface area (Å²) < 4.78 is 0. The normalized spacial score (nSPS) is 14.3. The number of carbonyl (C=O) groups excluding carboxylic acids is 2. The largest absolute Gasteiger partial charge is 0.295 e. The van der Waals surface area contributed by atoms with Crippen molar-refractivity contribution in [1.82, 2.24) is 4.98 Å². The van der Waals surface area contributed by atoms with Crippen molar-refractivity contribution < 1.29 is 9.59 Å². The quantitative estimate of drug-likeness (QED) is 0.138. The number of pyridine rings is 1. The summed E-state index contributed by atoms with van der Waals surface area (Å²) in [6.45, 7) is 11.0. The molecule has 4 nitrogen and oxygen atoms in total. The number of hydrogen-bond acceptors (Lipinski definition) is 6. The first-order valence-electron chi connectivity index (χ1n) is 15.7. The molecule has 0 radical (unpaired) electrons. The Kier molecular flexibility index (Phi) is 6.79. The van der Waals surface area contributed by atoms with E-state index in [1.54, 1.807) is 28.2 Å². The minimum atomic E-state index is -0.292. The van der Waals surface area contributed by atoms with Gasteiger partial charge in [0, 0.05) is 60.2 Å². The van der Waals surface area contributed by atoms with Gasteiger partial charge in [-0.2, -0.15) is 11.3 Å². The van der Waals surface area contributed by atoms with E-state index in [-0.39, 0.29) is 22.6 Å². The number of Topliss-reactive ketones (excluding diaryl/α,β-unsaturated/α-hetero) is 2. The second-order valence-electron chi connectivity index (χ2n) is 13.0. The third kappa shape index (κ3) is 4.66. The number of allylic oxidation sites excluding steroid dienone is 1. The zero-order valence-corrected chi connectivity index (χ0v) is 28.5. The van der Waals surface area contributed by atoms with Crippen molar-refractivity contribution in [3.63, 3.8) is 0 Å². The van der Waals surface area contributed by atoms with Crippen molar-refractivity contribution >= 4 is 57.5 Å². The van der Waals surface area contributed by atoms with E-state index in [0.29, 0.717) is 11.1 Å². The Morgan fingerprint density at radius 1 is 0.723 bits per heavy atom. The number of aromatic nitrogens is 1. The Morgan fingerprint density at radius 3 is 2.02 bits per heavy atom. The van der Waals surface area contributed by atoms with Crippen LogP contribution in [-0.2, 0) is 5.41 Å². The van der Waals surface area contributed by atoms with Crippen LogP contribution in [-0.4, -0.2) is 16.6 Å². The lowest BCUT2D eigenvalue weighted by Crippen LogP contribution is -2.17. The molecule has 0 amide bonds. The maximum absolute atomic E-state index is 13.0. The molecule has 6 aromatic rings. The van der Waals surface area contributed by atoms with Crippen molar-refractivity contribution in [2.24, 2.45) is 0 Å². The number of benzene rings is 3. The predicted octanol–water partition coefficient (Wildman–Crippen LogP) is 11.0. The topological polar surface area (TPSA) is 50.3 Å². The molecule has 0 unspecified atom stereocenters. The molecular weight excluding hydrogens is 617 g/mol. The molecule has 230 valence electrons. The van der Waals surface area contributed by atoms with Gasteiger partial charge in [0.15, 0.2) is 11.6 Å². The van der Waals surface area contributed by atoms with E-state index in [4.69, 9.17) is 4.98 Å². The fourth-order valence-corrected chi connectivity index (χ4v) is 8.95. The van der Waals surface area contributed by atoms with Gasteiger partial charge in [0.1, 0.15) is 5.82 Å². The molecule has 2 aliphatic carbocycles. The van der Waals surface area contributed by atoms with Gasteiger partial charge in [0.2, 0.25) is 0 Å². The number of thiophene rings is 2. The number of ketones is 2. The van der Waals surface area contributed by atoms with Crippen LogP contribution in [0.25, 0.3) is 27.6 Å². The monoisotopic (exact) mass is 648 g/mol. The molecule has 2 aliphatic rings. The highest BCUT2D eigenvalue weighted by Gasteiger charge is 2.39. The van der Waals surface area contributed by atoms with Crippen molar-refractivity contribution in [2.45, 2.75) is 40.0 Å². The summed E-state index contributed by atoms with van der Waals surface area (Å²) in [6.07, 6.45) is 3.77. The average molecular weight is 649 g/mol. The van der Waals surface area contributed by atoms with E-state index < -0.39 is 0 Å². The molecule has 3 heterocycles. The summed E-state index contributed by atoms with van der Waals surface area (Å²) in [6, 6.07) is 28.0. The molecule has 0 saturated heterocycles. The minimum absolute atomic E-state index is 0.177. The van der Waals surface area contributed by atoms with Gasteiger partial charge in [-0.15, -0.1) is 11.3 Å². The highest BCUT2D eigenvalue weighted by molar-refractivity contribution is 7.16. The Hall–Kier alpha value is -4.91. The van der Waals surface area contributed by atoms with Crippen LogP contribution < -0.4 is 4.90 Å². The highest BCUT2D eigenvalue weighted by atomic mass is 32.1. The third-order valence-corrected chi connectivity index (χ3v) is 11.6. The van der Waals surface area contributed by atoms with Crippen LogP contribution in [0.4, 0.5) is 17.2 Å². The summed E-state index contributed by atoms with van der Waals surface area (Å²) in [5, 5.41) is 3.54. The standard InChI is InChI=1S/C41H32N2O2S2/c1-23-15-29(16-24(2)25(23)3)43(28-13-11-27(12-14-28)26-9-7-6-8-10-26)37-19-35-32(20-42-37)40-36(41(35,4)5)18-30(47-40)17-31-38(44)33-21-46-22-34(33)39(31)45/h6-22H,1-5H3. The molecule has 0 saturated carbocycles. The second-order valence-corrected chi connectivity index (χ2v) is 14.8. The summed E-state index contributed by atoms with van der Waals surface area (Å²) in [5.41, 5.74) is 12.8. The zero-order valence-electron chi connectivity index (χ0n) is 26.8. The molecule has 3 aromatic carbocycles. The molecule has 47 heavy (non-hydrogen) atoms.